The highest BCUT2D eigenvalue weighted by atomic mass is 32.2. The predicted octanol–water partition coefficient (Wildman–Crippen LogP) is 3.03. The molecule has 0 radical (unpaired) electrons. The van der Waals surface area contributed by atoms with Gasteiger partial charge in [-0.25, -0.2) is 8.42 Å². The van der Waals surface area contributed by atoms with Gasteiger partial charge in [0, 0.05) is 38.9 Å². The van der Waals surface area contributed by atoms with Crippen LogP contribution in [0.1, 0.15) is 42.9 Å². The van der Waals surface area contributed by atoms with Gasteiger partial charge in [-0.2, -0.15) is 4.31 Å². The van der Waals surface area contributed by atoms with Crippen molar-refractivity contribution in [2.45, 2.75) is 36.6 Å². The Morgan fingerprint density at radius 3 is 2.39 bits per heavy atom. The maximum Gasteiger partial charge on any atom is 0.295 e. The lowest BCUT2D eigenvalue weighted by Gasteiger charge is -2.26. The van der Waals surface area contributed by atoms with Crippen molar-refractivity contribution in [3.8, 4) is 5.75 Å². The molecular weight excluding hydrogens is 484 g/mol. The standard InChI is InChI=1S/C26H30N2O7S/c1-35-16-6-15-28-23(19-7-5-8-20(29)17-19)22(25(31)26(28)32)24(30)18-9-11-21(12-10-18)36(33,34)27-13-3-2-4-14-27/h5,7-12,17,23,29-30H,2-4,6,13-16H2,1H3. The number of benzene rings is 2. The summed E-state index contributed by atoms with van der Waals surface area (Å²) in [5, 5.41) is 21.2. The second kappa shape index (κ2) is 10.8. The molecule has 10 heteroatoms. The maximum atomic E-state index is 13.1. The molecule has 2 fully saturated rings. The van der Waals surface area contributed by atoms with E-state index < -0.39 is 33.5 Å². The zero-order valence-corrected chi connectivity index (χ0v) is 20.9. The third-order valence-corrected chi connectivity index (χ3v) is 8.47. The molecule has 2 aliphatic heterocycles. The molecule has 0 spiro atoms. The highest BCUT2D eigenvalue weighted by Crippen LogP contribution is 2.40. The van der Waals surface area contributed by atoms with Crippen molar-refractivity contribution in [2.24, 2.45) is 0 Å². The van der Waals surface area contributed by atoms with Crippen molar-refractivity contribution < 1.29 is 33.0 Å². The van der Waals surface area contributed by atoms with Gasteiger partial charge >= 0.3 is 0 Å². The van der Waals surface area contributed by atoms with Crippen molar-refractivity contribution in [3.63, 3.8) is 0 Å². The van der Waals surface area contributed by atoms with Gasteiger partial charge in [0.25, 0.3) is 11.7 Å². The van der Waals surface area contributed by atoms with Crippen LogP contribution in [-0.4, -0.2) is 72.9 Å². The number of aliphatic hydroxyl groups is 1. The first-order valence-electron chi connectivity index (χ1n) is 11.9. The number of hydrogen-bond acceptors (Lipinski definition) is 7. The monoisotopic (exact) mass is 514 g/mol. The fourth-order valence-corrected chi connectivity index (χ4v) is 6.24. The van der Waals surface area contributed by atoms with Gasteiger partial charge in [0.1, 0.15) is 11.5 Å². The molecule has 2 heterocycles. The highest BCUT2D eigenvalue weighted by Gasteiger charge is 2.46. The first-order valence-corrected chi connectivity index (χ1v) is 13.4. The number of aromatic hydroxyl groups is 1. The van der Waals surface area contributed by atoms with Crippen LogP contribution in [-0.2, 0) is 24.3 Å². The van der Waals surface area contributed by atoms with E-state index in [1.807, 2.05) is 0 Å². The number of likely N-dealkylation sites (tertiary alicyclic amines) is 1. The zero-order valence-electron chi connectivity index (χ0n) is 20.1. The van der Waals surface area contributed by atoms with Crippen LogP contribution in [0.25, 0.3) is 5.76 Å². The fraction of sp³-hybridized carbons (Fsp3) is 0.385. The molecule has 36 heavy (non-hydrogen) atoms. The molecule has 2 aromatic rings. The van der Waals surface area contributed by atoms with Crippen LogP contribution in [0.15, 0.2) is 59.0 Å². The SMILES string of the molecule is COCCCN1C(=O)C(=O)C(=C(O)c2ccc(S(=O)(=O)N3CCCCC3)cc2)C1c1cccc(O)c1. The summed E-state index contributed by atoms with van der Waals surface area (Å²) in [6, 6.07) is 10.9. The molecular formula is C26H30N2O7S. The first-order chi connectivity index (χ1) is 17.3. The minimum Gasteiger partial charge on any atom is -0.508 e. The molecule has 2 saturated heterocycles. The molecule has 2 N–H and O–H groups in total. The van der Waals surface area contributed by atoms with Gasteiger partial charge in [-0.05, 0) is 61.2 Å². The van der Waals surface area contributed by atoms with Crippen molar-refractivity contribution in [1.82, 2.24) is 9.21 Å². The summed E-state index contributed by atoms with van der Waals surface area (Å²) >= 11 is 0. The number of carbonyl (C=O) groups excluding carboxylic acids is 2. The number of rotatable bonds is 8. The molecule has 1 unspecified atom stereocenters. The van der Waals surface area contributed by atoms with E-state index in [1.165, 1.54) is 52.7 Å². The topological polar surface area (TPSA) is 124 Å². The number of Topliss-reactive ketones (excluding diaryl/α,β-unsaturated/α-hetero) is 1. The van der Waals surface area contributed by atoms with E-state index in [1.54, 1.807) is 12.1 Å². The van der Waals surface area contributed by atoms with Gasteiger partial charge < -0.3 is 19.8 Å². The summed E-state index contributed by atoms with van der Waals surface area (Å²) in [4.78, 5) is 27.4. The summed E-state index contributed by atoms with van der Waals surface area (Å²) < 4.78 is 32.5. The number of aliphatic hydroxyl groups excluding tert-OH is 1. The number of ketones is 1. The molecule has 0 aliphatic carbocycles. The number of methoxy groups -OCH3 is 1. The number of amides is 1. The van der Waals surface area contributed by atoms with Crippen LogP contribution >= 0.6 is 0 Å². The van der Waals surface area contributed by atoms with E-state index in [-0.39, 0.29) is 28.3 Å². The van der Waals surface area contributed by atoms with E-state index >= 15 is 0 Å². The van der Waals surface area contributed by atoms with Crippen molar-refractivity contribution in [1.29, 1.82) is 0 Å². The molecule has 0 bridgehead atoms. The third-order valence-electron chi connectivity index (χ3n) is 6.55. The highest BCUT2D eigenvalue weighted by molar-refractivity contribution is 7.89. The molecule has 2 aromatic carbocycles. The van der Waals surface area contributed by atoms with Gasteiger partial charge in [-0.3, -0.25) is 9.59 Å². The second-order valence-corrected chi connectivity index (χ2v) is 10.9. The Bertz CT molecular complexity index is 1270. The molecule has 192 valence electrons. The minimum absolute atomic E-state index is 0.0396. The molecule has 0 aromatic heterocycles. The third kappa shape index (κ3) is 5.02. The van der Waals surface area contributed by atoms with Crippen LogP contribution in [0.3, 0.4) is 0 Å². The number of piperidine rings is 1. The van der Waals surface area contributed by atoms with Crippen LogP contribution in [0.4, 0.5) is 0 Å². The van der Waals surface area contributed by atoms with Crippen LogP contribution in [0, 0.1) is 0 Å². The number of phenolic OH excluding ortho intramolecular Hbond substituents is 1. The molecule has 1 atom stereocenters. The number of hydrogen-bond donors (Lipinski definition) is 2. The number of carbonyl (C=O) groups is 2. The fourth-order valence-electron chi connectivity index (χ4n) is 4.73. The lowest BCUT2D eigenvalue weighted by molar-refractivity contribution is -0.140. The molecule has 0 saturated carbocycles. The summed E-state index contributed by atoms with van der Waals surface area (Å²) in [6.07, 6.45) is 3.11. The minimum atomic E-state index is -3.66. The van der Waals surface area contributed by atoms with Crippen molar-refractivity contribution in [3.05, 3.63) is 65.2 Å². The average Bonchev–Trinajstić information content (AvgIpc) is 3.14. The van der Waals surface area contributed by atoms with Crippen molar-refractivity contribution in [2.75, 3.05) is 33.4 Å². The zero-order chi connectivity index (χ0) is 25.9. The normalized spacial score (nSPS) is 20.7. The average molecular weight is 515 g/mol. The summed E-state index contributed by atoms with van der Waals surface area (Å²) in [6.45, 7) is 1.53. The Labute approximate surface area is 210 Å². The van der Waals surface area contributed by atoms with E-state index in [9.17, 15) is 28.2 Å². The number of sulfonamides is 1. The van der Waals surface area contributed by atoms with Crippen LogP contribution in [0.5, 0.6) is 5.75 Å². The van der Waals surface area contributed by atoms with Crippen molar-refractivity contribution >= 4 is 27.5 Å². The first kappa shape index (κ1) is 25.9. The smallest absolute Gasteiger partial charge is 0.295 e. The van der Waals surface area contributed by atoms with E-state index in [0.717, 1.165) is 19.3 Å². The molecule has 4 rings (SSSR count). The Hall–Kier alpha value is -3.21. The summed E-state index contributed by atoms with van der Waals surface area (Å²) in [5.74, 6) is -2.05. The Kier molecular flexibility index (Phi) is 7.77. The quantitative estimate of drug-likeness (QED) is 0.240. The summed E-state index contributed by atoms with van der Waals surface area (Å²) in [5.41, 5.74) is 0.569. The second-order valence-electron chi connectivity index (χ2n) is 8.92. The maximum absolute atomic E-state index is 13.1. The molecule has 2 aliphatic rings. The molecule has 9 nitrogen and oxygen atoms in total. The lowest BCUT2D eigenvalue weighted by Crippen LogP contribution is -2.35. The van der Waals surface area contributed by atoms with E-state index in [0.29, 0.717) is 31.7 Å². The number of nitrogens with zero attached hydrogens (tertiary/aromatic N) is 2. The Balaban J connectivity index is 1.72. The Morgan fingerprint density at radius 1 is 1.06 bits per heavy atom. The van der Waals surface area contributed by atoms with Gasteiger partial charge in [0.05, 0.1) is 16.5 Å². The van der Waals surface area contributed by atoms with Gasteiger partial charge in [0.15, 0.2) is 0 Å². The van der Waals surface area contributed by atoms with Gasteiger partial charge in [-0.1, -0.05) is 18.6 Å². The van der Waals surface area contributed by atoms with Gasteiger partial charge in [-0.15, -0.1) is 0 Å². The summed E-state index contributed by atoms with van der Waals surface area (Å²) in [7, 11) is -2.12. The van der Waals surface area contributed by atoms with E-state index in [4.69, 9.17) is 4.74 Å². The van der Waals surface area contributed by atoms with E-state index in [2.05, 4.69) is 0 Å². The number of phenols is 1. The largest absolute Gasteiger partial charge is 0.508 e. The number of ether oxygens (including phenoxy) is 1. The Morgan fingerprint density at radius 2 is 1.75 bits per heavy atom. The lowest BCUT2D eigenvalue weighted by atomic mass is 9.95. The van der Waals surface area contributed by atoms with Crippen LogP contribution in [0.2, 0.25) is 0 Å². The van der Waals surface area contributed by atoms with Gasteiger partial charge in [0.2, 0.25) is 10.0 Å². The predicted molar refractivity (Wildman–Crippen MR) is 133 cm³/mol. The molecule has 1 amide bonds. The van der Waals surface area contributed by atoms with Crippen LogP contribution < -0.4 is 0 Å².